The van der Waals surface area contributed by atoms with Gasteiger partial charge in [0.1, 0.15) is 0 Å². The van der Waals surface area contributed by atoms with Gasteiger partial charge in [-0.3, -0.25) is 14.4 Å². The number of anilines is 1. The standard InChI is InChI=1S/C16H20N2O3/c1-11(19)13-5-7-15(8-6-13)17-16(21)14-4-3-9-18(10-14)12(2)20/h5-8,14H,3-4,9-10H2,1-2H3,(H,17,21). The van der Waals surface area contributed by atoms with Gasteiger partial charge in [-0.1, -0.05) is 0 Å². The Hall–Kier alpha value is -2.17. The summed E-state index contributed by atoms with van der Waals surface area (Å²) in [5.74, 6) is -0.234. The number of ketones is 1. The van der Waals surface area contributed by atoms with Crippen LogP contribution in [0.4, 0.5) is 5.69 Å². The van der Waals surface area contributed by atoms with E-state index in [4.69, 9.17) is 0 Å². The SMILES string of the molecule is CC(=O)c1ccc(NC(=O)C2CCCN(C(C)=O)C2)cc1. The quantitative estimate of drug-likeness (QED) is 0.866. The van der Waals surface area contributed by atoms with Crippen LogP contribution in [0.3, 0.4) is 0 Å². The average molecular weight is 288 g/mol. The molecule has 0 aliphatic carbocycles. The molecule has 5 heteroatoms. The molecule has 1 saturated heterocycles. The van der Waals surface area contributed by atoms with Crippen LogP contribution >= 0.6 is 0 Å². The van der Waals surface area contributed by atoms with Crippen LogP contribution in [0.2, 0.25) is 0 Å². The van der Waals surface area contributed by atoms with Crippen LogP contribution in [-0.4, -0.2) is 35.6 Å². The van der Waals surface area contributed by atoms with E-state index < -0.39 is 0 Å². The predicted molar refractivity (Wildman–Crippen MR) is 80.1 cm³/mol. The van der Waals surface area contributed by atoms with Gasteiger partial charge in [-0.15, -0.1) is 0 Å². The van der Waals surface area contributed by atoms with E-state index in [1.807, 2.05) is 0 Å². The zero-order valence-electron chi connectivity index (χ0n) is 12.4. The maximum atomic E-state index is 12.2. The van der Waals surface area contributed by atoms with Gasteiger partial charge in [0.05, 0.1) is 5.92 Å². The van der Waals surface area contributed by atoms with Crippen molar-refractivity contribution in [3.63, 3.8) is 0 Å². The van der Waals surface area contributed by atoms with Crippen molar-refractivity contribution >= 4 is 23.3 Å². The fourth-order valence-electron chi connectivity index (χ4n) is 2.51. The lowest BCUT2D eigenvalue weighted by molar-refractivity contribution is -0.132. The topological polar surface area (TPSA) is 66.5 Å². The van der Waals surface area contributed by atoms with Gasteiger partial charge in [0, 0.05) is 31.3 Å². The fraction of sp³-hybridized carbons (Fsp3) is 0.438. The summed E-state index contributed by atoms with van der Waals surface area (Å²) in [4.78, 5) is 36.5. The molecule has 0 bridgehead atoms. The van der Waals surface area contributed by atoms with Gasteiger partial charge in [-0.25, -0.2) is 0 Å². The van der Waals surface area contributed by atoms with Crippen LogP contribution < -0.4 is 5.32 Å². The summed E-state index contributed by atoms with van der Waals surface area (Å²) in [5.41, 5.74) is 1.29. The Morgan fingerprint density at radius 2 is 1.81 bits per heavy atom. The highest BCUT2D eigenvalue weighted by Crippen LogP contribution is 2.19. The summed E-state index contributed by atoms with van der Waals surface area (Å²) in [5, 5.41) is 2.85. The van der Waals surface area contributed by atoms with E-state index in [1.165, 1.54) is 13.8 Å². The first-order valence-electron chi connectivity index (χ1n) is 7.14. The van der Waals surface area contributed by atoms with Crippen LogP contribution in [0.15, 0.2) is 24.3 Å². The number of amides is 2. The molecule has 1 fully saturated rings. The largest absolute Gasteiger partial charge is 0.342 e. The minimum absolute atomic E-state index is 0.00254. The Kier molecular flexibility index (Phi) is 4.73. The molecular formula is C16H20N2O3. The molecule has 1 unspecified atom stereocenters. The van der Waals surface area contributed by atoms with E-state index >= 15 is 0 Å². The highest BCUT2D eigenvalue weighted by Gasteiger charge is 2.26. The third kappa shape index (κ3) is 3.90. The molecular weight excluding hydrogens is 268 g/mol. The molecule has 112 valence electrons. The van der Waals surface area contributed by atoms with Gasteiger partial charge in [0.15, 0.2) is 5.78 Å². The van der Waals surface area contributed by atoms with Crippen LogP contribution in [-0.2, 0) is 9.59 Å². The number of rotatable bonds is 3. The Bertz CT molecular complexity index is 551. The van der Waals surface area contributed by atoms with Crippen LogP contribution in [0.5, 0.6) is 0 Å². The first-order valence-corrected chi connectivity index (χ1v) is 7.14. The number of hydrogen-bond acceptors (Lipinski definition) is 3. The zero-order chi connectivity index (χ0) is 15.4. The smallest absolute Gasteiger partial charge is 0.229 e. The van der Waals surface area contributed by atoms with Crippen LogP contribution in [0.1, 0.15) is 37.0 Å². The molecule has 1 atom stereocenters. The molecule has 5 nitrogen and oxygen atoms in total. The lowest BCUT2D eigenvalue weighted by Gasteiger charge is -2.31. The third-order valence-corrected chi connectivity index (χ3v) is 3.80. The molecule has 1 aromatic rings. The average Bonchev–Trinajstić information content (AvgIpc) is 2.48. The van der Waals surface area contributed by atoms with Crippen molar-refractivity contribution < 1.29 is 14.4 Å². The molecule has 21 heavy (non-hydrogen) atoms. The van der Waals surface area contributed by atoms with Crippen molar-refractivity contribution in [1.82, 2.24) is 4.90 Å². The summed E-state index contributed by atoms with van der Waals surface area (Å²) in [6, 6.07) is 6.84. The molecule has 0 spiro atoms. The second kappa shape index (κ2) is 6.52. The summed E-state index contributed by atoms with van der Waals surface area (Å²) < 4.78 is 0. The predicted octanol–water partition coefficient (Wildman–Crippen LogP) is 2.09. The van der Waals surface area contributed by atoms with Crippen LogP contribution in [0, 0.1) is 5.92 Å². The summed E-state index contributed by atoms with van der Waals surface area (Å²) >= 11 is 0. The van der Waals surface area contributed by atoms with Gasteiger partial charge in [-0.05, 0) is 44.0 Å². The number of piperidine rings is 1. The summed E-state index contributed by atoms with van der Waals surface area (Å²) in [7, 11) is 0. The van der Waals surface area contributed by atoms with Gasteiger partial charge >= 0.3 is 0 Å². The highest BCUT2D eigenvalue weighted by atomic mass is 16.2. The number of carbonyl (C=O) groups is 3. The van der Waals surface area contributed by atoms with Crippen LogP contribution in [0.25, 0.3) is 0 Å². The second-order valence-corrected chi connectivity index (χ2v) is 5.43. The second-order valence-electron chi connectivity index (χ2n) is 5.43. The van der Waals surface area contributed by atoms with Crippen molar-refractivity contribution in [2.75, 3.05) is 18.4 Å². The van der Waals surface area contributed by atoms with Crippen molar-refractivity contribution in [3.8, 4) is 0 Å². The Labute approximate surface area is 124 Å². The highest BCUT2D eigenvalue weighted by molar-refractivity contribution is 5.96. The summed E-state index contributed by atoms with van der Waals surface area (Å²) in [6.45, 7) is 4.24. The first kappa shape index (κ1) is 15.2. The van der Waals surface area contributed by atoms with Gasteiger partial charge in [-0.2, -0.15) is 0 Å². The Morgan fingerprint density at radius 1 is 1.14 bits per heavy atom. The van der Waals surface area contributed by atoms with Crippen molar-refractivity contribution in [3.05, 3.63) is 29.8 Å². The molecule has 1 heterocycles. The zero-order valence-corrected chi connectivity index (χ0v) is 12.4. The normalized spacial score (nSPS) is 18.2. The molecule has 1 aromatic carbocycles. The summed E-state index contributed by atoms with van der Waals surface area (Å²) in [6.07, 6.45) is 1.64. The van der Waals surface area contributed by atoms with Gasteiger partial charge < -0.3 is 10.2 Å². The van der Waals surface area contributed by atoms with Crippen molar-refractivity contribution in [2.45, 2.75) is 26.7 Å². The molecule has 1 N–H and O–H groups in total. The monoisotopic (exact) mass is 288 g/mol. The molecule has 0 radical (unpaired) electrons. The van der Waals surface area contributed by atoms with E-state index in [1.54, 1.807) is 29.2 Å². The Morgan fingerprint density at radius 3 is 2.38 bits per heavy atom. The Balaban J connectivity index is 1.97. The van der Waals surface area contributed by atoms with Gasteiger partial charge in [0.25, 0.3) is 0 Å². The van der Waals surface area contributed by atoms with E-state index in [0.717, 1.165) is 19.4 Å². The number of nitrogens with one attached hydrogen (secondary N) is 1. The molecule has 1 aliphatic rings. The maximum Gasteiger partial charge on any atom is 0.229 e. The number of Topliss-reactive ketones (excluding diaryl/α,β-unsaturated/α-hetero) is 1. The van der Waals surface area contributed by atoms with E-state index in [2.05, 4.69) is 5.32 Å². The lowest BCUT2D eigenvalue weighted by Crippen LogP contribution is -2.42. The van der Waals surface area contributed by atoms with Crippen molar-refractivity contribution in [1.29, 1.82) is 0 Å². The molecule has 0 saturated carbocycles. The number of benzene rings is 1. The minimum Gasteiger partial charge on any atom is -0.342 e. The molecule has 2 rings (SSSR count). The molecule has 1 aliphatic heterocycles. The number of hydrogen-bond donors (Lipinski definition) is 1. The first-order chi connectivity index (χ1) is 9.97. The van der Waals surface area contributed by atoms with Crippen molar-refractivity contribution in [2.24, 2.45) is 5.92 Å². The molecule has 0 aromatic heterocycles. The van der Waals surface area contributed by atoms with Gasteiger partial charge in [0.2, 0.25) is 11.8 Å². The third-order valence-electron chi connectivity index (χ3n) is 3.80. The van der Waals surface area contributed by atoms with E-state index in [-0.39, 0.29) is 23.5 Å². The number of likely N-dealkylation sites (tertiary alicyclic amines) is 1. The maximum absolute atomic E-state index is 12.2. The lowest BCUT2D eigenvalue weighted by atomic mass is 9.97. The number of carbonyl (C=O) groups excluding carboxylic acids is 3. The minimum atomic E-state index is -0.171. The van der Waals surface area contributed by atoms with E-state index in [0.29, 0.717) is 17.8 Å². The number of nitrogens with zero attached hydrogens (tertiary/aromatic N) is 1. The molecule has 2 amide bonds. The van der Waals surface area contributed by atoms with E-state index in [9.17, 15) is 14.4 Å². The fourth-order valence-corrected chi connectivity index (χ4v) is 2.51.